The third-order valence-corrected chi connectivity index (χ3v) is 3.30. The lowest BCUT2D eigenvalue weighted by atomic mass is 10.0. The molecule has 0 aromatic carbocycles. The Labute approximate surface area is 135 Å². The van der Waals surface area contributed by atoms with Crippen LogP contribution in [-0.2, 0) is 0 Å². The molecule has 23 heavy (non-hydrogen) atoms. The number of nitrogens with zero attached hydrogens (tertiary/aromatic N) is 2. The number of allylic oxidation sites excluding steroid dienone is 3. The van der Waals surface area contributed by atoms with Crippen LogP contribution in [0.3, 0.4) is 0 Å². The molecule has 126 valence electrons. The standard InChI is InChI=1S/C17H23F2N3O/c1-5-8-13(16(18)19)14(15(6-2)22(4)20)11-23-17-12(3)9-7-10-21-17/h5,7-10,16H,1,6,11,20H2,2-4H3/b13-8+,15-14+. The quantitative estimate of drug-likeness (QED) is 0.451. The number of nitrogens with two attached hydrogens (primary N) is 1. The molecule has 0 saturated heterocycles. The van der Waals surface area contributed by atoms with Gasteiger partial charge >= 0.3 is 0 Å². The molecule has 0 spiro atoms. The van der Waals surface area contributed by atoms with Gasteiger partial charge in [0.25, 0.3) is 6.43 Å². The zero-order valence-corrected chi connectivity index (χ0v) is 13.7. The van der Waals surface area contributed by atoms with Gasteiger partial charge in [-0.2, -0.15) is 0 Å². The topological polar surface area (TPSA) is 51.4 Å². The summed E-state index contributed by atoms with van der Waals surface area (Å²) in [7, 11) is 1.61. The SMILES string of the molecule is C=C/C=C(\C(COc1ncccc1C)=C(/CC)N(C)N)C(F)F. The van der Waals surface area contributed by atoms with Crippen LogP contribution in [0, 0.1) is 6.92 Å². The second-order valence-electron chi connectivity index (χ2n) is 4.96. The molecule has 0 aliphatic heterocycles. The highest BCUT2D eigenvalue weighted by Crippen LogP contribution is 2.25. The first-order chi connectivity index (χ1) is 10.9. The fourth-order valence-corrected chi connectivity index (χ4v) is 2.20. The minimum atomic E-state index is -2.65. The average Bonchev–Trinajstić information content (AvgIpc) is 2.50. The molecule has 1 aromatic heterocycles. The largest absolute Gasteiger partial charge is 0.473 e. The number of hydrogen-bond acceptors (Lipinski definition) is 4. The van der Waals surface area contributed by atoms with Crippen LogP contribution in [0.1, 0.15) is 18.9 Å². The van der Waals surface area contributed by atoms with E-state index in [9.17, 15) is 8.78 Å². The van der Waals surface area contributed by atoms with Gasteiger partial charge in [0, 0.05) is 35.7 Å². The van der Waals surface area contributed by atoms with Crippen LogP contribution in [0.25, 0.3) is 0 Å². The summed E-state index contributed by atoms with van der Waals surface area (Å²) in [6.45, 7) is 7.14. The molecule has 0 saturated carbocycles. The van der Waals surface area contributed by atoms with Gasteiger partial charge in [0.2, 0.25) is 5.88 Å². The van der Waals surface area contributed by atoms with Crippen molar-refractivity contribution in [3.63, 3.8) is 0 Å². The molecule has 0 radical (unpaired) electrons. The molecule has 0 unspecified atom stereocenters. The first-order valence-electron chi connectivity index (χ1n) is 7.28. The number of hydrogen-bond donors (Lipinski definition) is 1. The number of rotatable bonds is 8. The molecule has 1 aromatic rings. The van der Waals surface area contributed by atoms with Crippen molar-refractivity contribution < 1.29 is 13.5 Å². The molecule has 0 atom stereocenters. The van der Waals surface area contributed by atoms with Crippen LogP contribution in [0.4, 0.5) is 8.78 Å². The molecule has 0 fully saturated rings. The van der Waals surface area contributed by atoms with E-state index >= 15 is 0 Å². The number of pyridine rings is 1. The van der Waals surface area contributed by atoms with Gasteiger partial charge in [-0.1, -0.05) is 31.7 Å². The lowest BCUT2D eigenvalue weighted by Crippen LogP contribution is -2.28. The Morgan fingerprint density at radius 1 is 1.52 bits per heavy atom. The number of aromatic nitrogens is 1. The number of ether oxygens (including phenoxy) is 1. The summed E-state index contributed by atoms with van der Waals surface area (Å²) in [5.41, 5.74) is 1.60. The van der Waals surface area contributed by atoms with E-state index < -0.39 is 6.43 Å². The summed E-state index contributed by atoms with van der Waals surface area (Å²) < 4.78 is 32.5. The van der Waals surface area contributed by atoms with E-state index in [0.717, 1.165) is 5.56 Å². The van der Waals surface area contributed by atoms with Gasteiger partial charge < -0.3 is 9.75 Å². The summed E-state index contributed by atoms with van der Waals surface area (Å²) in [6, 6.07) is 3.63. The minimum absolute atomic E-state index is 0.0490. The zero-order chi connectivity index (χ0) is 17.4. The lowest BCUT2D eigenvalue weighted by Gasteiger charge is -2.23. The first kappa shape index (κ1) is 18.8. The smallest absolute Gasteiger partial charge is 0.264 e. The van der Waals surface area contributed by atoms with Crippen molar-refractivity contribution in [2.24, 2.45) is 5.84 Å². The third kappa shape index (κ3) is 5.17. The summed E-state index contributed by atoms with van der Waals surface area (Å²) in [4.78, 5) is 4.11. The highest BCUT2D eigenvalue weighted by Gasteiger charge is 2.21. The number of alkyl halides is 2. The van der Waals surface area contributed by atoms with E-state index in [2.05, 4.69) is 11.6 Å². The van der Waals surface area contributed by atoms with Crippen molar-refractivity contribution >= 4 is 0 Å². The second-order valence-corrected chi connectivity index (χ2v) is 4.96. The van der Waals surface area contributed by atoms with Crippen molar-refractivity contribution in [1.82, 2.24) is 9.99 Å². The maximum absolute atomic E-state index is 13.4. The highest BCUT2D eigenvalue weighted by molar-refractivity contribution is 5.39. The number of halogens is 2. The molecule has 0 aliphatic carbocycles. The van der Waals surface area contributed by atoms with Crippen LogP contribution >= 0.6 is 0 Å². The third-order valence-electron chi connectivity index (χ3n) is 3.30. The summed E-state index contributed by atoms with van der Waals surface area (Å²) in [5.74, 6) is 6.20. The highest BCUT2D eigenvalue weighted by atomic mass is 19.3. The first-order valence-corrected chi connectivity index (χ1v) is 7.28. The maximum Gasteiger partial charge on any atom is 0.264 e. The maximum atomic E-state index is 13.4. The Hall–Kier alpha value is -2.21. The predicted molar refractivity (Wildman–Crippen MR) is 88.0 cm³/mol. The van der Waals surface area contributed by atoms with E-state index in [1.807, 2.05) is 19.9 Å². The Kier molecular flexibility index (Phi) is 7.41. The van der Waals surface area contributed by atoms with Crippen LogP contribution in [0.15, 0.2) is 53.9 Å². The Balaban J connectivity index is 3.22. The van der Waals surface area contributed by atoms with Crippen LogP contribution < -0.4 is 10.6 Å². The summed E-state index contributed by atoms with van der Waals surface area (Å²) in [6.07, 6.45) is 2.05. The van der Waals surface area contributed by atoms with Gasteiger partial charge in [0.15, 0.2) is 0 Å². The van der Waals surface area contributed by atoms with E-state index in [1.165, 1.54) is 17.2 Å². The molecule has 0 aliphatic rings. The molecular weight excluding hydrogens is 300 g/mol. The van der Waals surface area contributed by atoms with Gasteiger partial charge in [-0.25, -0.2) is 19.6 Å². The monoisotopic (exact) mass is 323 g/mol. The molecule has 1 heterocycles. The van der Waals surface area contributed by atoms with E-state index in [0.29, 0.717) is 23.6 Å². The average molecular weight is 323 g/mol. The molecule has 2 N–H and O–H groups in total. The van der Waals surface area contributed by atoms with Crippen LogP contribution in [0.2, 0.25) is 0 Å². The van der Waals surface area contributed by atoms with Crippen LogP contribution in [-0.4, -0.2) is 30.1 Å². The van der Waals surface area contributed by atoms with Crippen molar-refractivity contribution in [1.29, 1.82) is 0 Å². The molecule has 4 nitrogen and oxygen atoms in total. The van der Waals surface area contributed by atoms with Gasteiger partial charge in [-0.3, -0.25) is 0 Å². The van der Waals surface area contributed by atoms with E-state index in [1.54, 1.807) is 19.3 Å². The number of hydrazine groups is 1. The van der Waals surface area contributed by atoms with Gasteiger partial charge in [0.1, 0.15) is 6.61 Å². The Morgan fingerprint density at radius 2 is 2.22 bits per heavy atom. The minimum Gasteiger partial charge on any atom is -0.473 e. The normalized spacial score (nSPS) is 12.9. The van der Waals surface area contributed by atoms with E-state index in [-0.39, 0.29) is 12.2 Å². The molecule has 6 heteroatoms. The van der Waals surface area contributed by atoms with Crippen molar-refractivity contribution in [3.8, 4) is 5.88 Å². The fourth-order valence-electron chi connectivity index (χ4n) is 2.20. The van der Waals surface area contributed by atoms with Crippen molar-refractivity contribution in [2.45, 2.75) is 26.7 Å². The lowest BCUT2D eigenvalue weighted by molar-refractivity contribution is 0.188. The summed E-state index contributed by atoms with van der Waals surface area (Å²) >= 11 is 0. The van der Waals surface area contributed by atoms with Gasteiger partial charge in [-0.05, 0) is 19.4 Å². The van der Waals surface area contributed by atoms with Crippen molar-refractivity contribution in [3.05, 3.63) is 59.5 Å². The predicted octanol–water partition coefficient (Wildman–Crippen LogP) is 3.62. The second kappa shape index (κ2) is 9.05. The molecule has 0 amide bonds. The Morgan fingerprint density at radius 3 is 2.70 bits per heavy atom. The summed E-state index contributed by atoms with van der Waals surface area (Å²) in [5, 5.41) is 1.34. The molecule has 0 bridgehead atoms. The number of aryl methyl sites for hydroxylation is 1. The fraction of sp³-hybridized carbons (Fsp3) is 0.353. The Bertz CT molecular complexity index is 595. The zero-order valence-electron chi connectivity index (χ0n) is 13.7. The van der Waals surface area contributed by atoms with Crippen LogP contribution in [0.5, 0.6) is 5.88 Å². The molecule has 1 rings (SSSR count). The van der Waals surface area contributed by atoms with Gasteiger partial charge in [0.05, 0.1) is 0 Å². The van der Waals surface area contributed by atoms with Gasteiger partial charge in [-0.15, -0.1) is 0 Å². The van der Waals surface area contributed by atoms with Crippen molar-refractivity contribution in [2.75, 3.05) is 13.7 Å². The van der Waals surface area contributed by atoms with E-state index in [4.69, 9.17) is 10.6 Å². The molecular formula is C17H23F2N3O.